The highest BCUT2D eigenvalue weighted by atomic mass is 19.4. The van der Waals surface area contributed by atoms with Gasteiger partial charge in [0, 0.05) is 17.5 Å². The lowest BCUT2D eigenvalue weighted by Crippen LogP contribution is -2.37. The minimum Gasteiger partial charge on any atom is -0.490 e. The normalized spacial score (nSPS) is 13.0. The van der Waals surface area contributed by atoms with Crippen molar-refractivity contribution in [2.24, 2.45) is 0 Å². The molecule has 0 saturated carbocycles. The summed E-state index contributed by atoms with van der Waals surface area (Å²) in [5.74, 6) is -0.744. The van der Waals surface area contributed by atoms with Gasteiger partial charge in [-0.2, -0.15) is 23.7 Å². The first-order chi connectivity index (χ1) is 13.5. The van der Waals surface area contributed by atoms with Crippen molar-refractivity contribution in [2.75, 3.05) is 11.9 Å². The van der Waals surface area contributed by atoms with Crippen LogP contribution in [0.15, 0.2) is 48.7 Å². The Labute approximate surface area is 164 Å². The molecule has 150 valence electrons. The van der Waals surface area contributed by atoms with Gasteiger partial charge in [0.1, 0.15) is 29.8 Å². The Balaban J connectivity index is 2.12. The van der Waals surface area contributed by atoms with E-state index in [4.69, 9.17) is 15.3 Å². The summed E-state index contributed by atoms with van der Waals surface area (Å²) in [5.41, 5.74) is -3.68. The molecule has 2 aromatic rings. The summed E-state index contributed by atoms with van der Waals surface area (Å²) < 4.78 is 58.1. The molecule has 0 aliphatic heterocycles. The van der Waals surface area contributed by atoms with E-state index in [-0.39, 0.29) is 22.7 Å². The number of halogens is 4. The summed E-state index contributed by atoms with van der Waals surface area (Å²) in [6, 6.07) is 9.63. The minimum atomic E-state index is -4.73. The molecule has 1 atom stereocenters. The van der Waals surface area contributed by atoms with Gasteiger partial charge in [0.25, 0.3) is 0 Å². The van der Waals surface area contributed by atoms with Crippen molar-refractivity contribution in [3.63, 3.8) is 0 Å². The number of aliphatic hydroxyl groups is 1. The zero-order chi connectivity index (χ0) is 21.8. The summed E-state index contributed by atoms with van der Waals surface area (Å²) in [5, 5.41) is 30.6. The van der Waals surface area contributed by atoms with Crippen LogP contribution in [0.4, 0.5) is 23.2 Å². The molecule has 0 bridgehead atoms. The van der Waals surface area contributed by atoms with E-state index in [1.54, 1.807) is 6.07 Å². The van der Waals surface area contributed by atoms with Crippen molar-refractivity contribution in [1.82, 2.24) is 0 Å². The number of nitrogens with one attached hydrogen (secondary N) is 1. The van der Waals surface area contributed by atoms with Crippen molar-refractivity contribution in [1.29, 1.82) is 10.5 Å². The highest BCUT2D eigenvalue weighted by Gasteiger charge is 2.34. The fraction of sp³-hybridized carbons (Fsp3) is 0.200. The molecule has 0 amide bonds. The molecule has 5 nitrogen and oxygen atoms in total. The van der Waals surface area contributed by atoms with Gasteiger partial charge in [0.05, 0.1) is 22.8 Å². The summed E-state index contributed by atoms with van der Waals surface area (Å²) in [7, 11) is 0. The number of anilines is 1. The van der Waals surface area contributed by atoms with Crippen LogP contribution in [0.25, 0.3) is 0 Å². The number of hydrogen-bond donors (Lipinski definition) is 2. The van der Waals surface area contributed by atoms with Crippen molar-refractivity contribution < 1.29 is 27.4 Å². The Hall–Kier alpha value is -3.56. The van der Waals surface area contributed by atoms with Gasteiger partial charge in [-0.1, -0.05) is 6.58 Å². The second kappa shape index (κ2) is 8.21. The lowest BCUT2D eigenvalue weighted by atomic mass is 10.0. The monoisotopic (exact) mass is 405 g/mol. The van der Waals surface area contributed by atoms with Gasteiger partial charge in [-0.05, 0) is 37.3 Å². The molecule has 2 N–H and O–H groups in total. The van der Waals surface area contributed by atoms with E-state index >= 15 is 0 Å². The van der Waals surface area contributed by atoms with E-state index in [1.807, 2.05) is 0 Å². The van der Waals surface area contributed by atoms with Crippen LogP contribution in [-0.4, -0.2) is 17.3 Å². The van der Waals surface area contributed by atoms with Gasteiger partial charge < -0.3 is 15.2 Å². The average Bonchev–Trinajstić information content (AvgIpc) is 2.65. The molecule has 0 heterocycles. The molecule has 2 rings (SSSR count). The SMILES string of the molecule is C=C(Nc1ccc(C#N)c(C(F)(F)F)c1)[C@@](C)(O)COc1ccc(C#N)c(F)c1. The molecule has 9 heteroatoms. The van der Waals surface area contributed by atoms with Gasteiger partial charge in [-0.3, -0.25) is 0 Å². The van der Waals surface area contributed by atoms with Crippen molar-refractivity contribution in [2.45, 2.75) is 18.7 Å². The quantitative estimate of drug-likeness (QED) is 0.698. The topological polar surface area (TPSA) is 89.1 Å². The zero-order valence-electron chi connectivity index (χ0n) is 15.1. The summed E-state index contributed by atoms with van der Waals surface area (Å²) in [4.78, 5) is 0. The van der Waals surface area contributed by atoms with Crippen LogP contribution >= 0.6 is 0 Å². The number of rotatable bonds is 6. The minimum absolute atomic E-state index is 0.0361. The summed E-state index contributed by atoms with van der Waals surface area (Å²) in [6.45, 7) is 4.51. The molecular weight excluding hydrogens is 390 g/mol. The van der Waals surface area contributed by atoms with Gasteiger partial charge in [0.15, 0.2) is 0 Å². The molecule has 0 fully saturated rings. The Kier molecular flexibility index (Phi) is 6.15. The smallest absolute Gasteiger partial charge is 0.417 e. The van der Waals surface area contributed by atoms with E-state index in [0.717, 1.165) is 18.2 Å². The molecule has 0 unspecified atom stereocenters. The maximum Gasteiger partial charge on any atom is 0.417 e. The second-order valence-corrected chi connectivity index (χ2v) is 6.29. The Bertz CT molecular complexity index is 1020. The molecule has 0 aliphatic carbocycles. The van der Waals surface area contributed by atoms with Gasteiger partial charge >= 0.3 is 6.18 Å². The third-order valence-electron chi connectivity index (χ3n) is 3.97. The molecule has 0 saturated heterocycles. The Morgan fingerprint density at radius 2 is 1.76 bits per heavy atom. The van der Waals surface area contributed by atoms with E-state index < -0.39 is 35.3 Å². The number of ether oxygens (including phenoxy) is 1. The van der Waals surface area contributed by atoms with Crippen LogP contribution in [0.5, 0.6) is 5.75 Å². The molecule has 0 spiro atoms. The van der Waals surface area contributed by atoms with E-state index in [9.17, 15) is 22.7 Å². The van der Waals surface area contributed by atoms with Crippen LogP contribution in [0.3, 0.4) is 0 Å². The average molecular weight is 405 g/mol. The highest BCUT2D eigenvalue weighted by molar-refractivity contribution is 5.56. The number of alkyl halides is 3. The summed E-state index contributed by atoms with van der Waals surface area (Å²) >= 11 is 0. The third-order valence-corrected chi connectivity index (χ3v) is 3.97. The van der Waals surface area contributed by atoms with E-state index in [2.05, 4.69) is 11.9 Å². The van der Waals surface area contributed by atoms with Crippen molar-refractivity contribution in [3.8, 4) is 17.9 Å². The van der Waals surface area contributed by atoms with Crippen LogP contribution in [0, 0.1) is 28.5 Å². The van der Waals surface area contributed by atoms with Gasteiger partial charge in [-0.15, -0.1) is 0 Å². The predicted octanol–water partition coefficient (Wildman–Crippen LogP) is 4.34. The molecule has 2 aromatic carbocycles. The fourth-order valence-electron chi connectivity index (χ4n) is 2.25. The maximum absolute atomic E-state index is 13.6. The second-order valence-electron chi connectivity index (χ2n) is 6.29. The van der Waals surface area contributed by atoms with Crippen molar-refractivity contribution in [3.05, 3.63) is 71.2 Å². The lowest BCUT2D eigenvalue weighted by molar-refractivity contribution is -0.137. The number of nitriles is 2. The molecule has 0 radical (unpaired) electrons. The largest absolute Gasteiger partial charge is 0.490 e. The maximum atomic E-state index is 13.6. The van der Waals surface area contributed by atoms with Crippen LogP contribution in [0.2, 0.25) is 0 Å². The van der Waals surface area contributed by atoms with Gasteiger partial charge in [-0.25, -0.2) is 4.39 Å². The molecular formula is C20H15F4N3O2. The third kappa shape index (κ3) is 5.24. The first-order valence-corrected chi connectivity index (χ1v) is 8.10. The molecule has 29 heavy (non-hydrogen) atoms. The van der Waals surface area contributed by atoms with Crippen LogP contribution < -0.4 is 10.1 Å². The standard InChI is InChI=1S/C20H15F4N3O2/c1-12(27-15-5-3-13(9-25)17(7-15)20(22,23)24)19(2,28)11-29-16-6-4-14(10-26)18(21)8-16/h3-8,27-28H,1,11H2,2H3/t19-/m0/s1. The van der Waals surface area contributed by atoms with E-state index in [0.29, 0.717) is 0 Å². The van der Waals surface area contributed by atoms with Crippen LogP contribution in [0.1, 0.15) is 23.6 Å². The number of hydrogen-bond acceptors (Lipinski definition) is 5. The van der Waals surface area contributed by atoms with Crippen LogP contribution in [-0.2, 0) is 6.18 Å². The first-order valence-electron chi connectivity index (χ1n) is 8.10. The molecule has 0 aliphatic rings. The van der Waals surface area contributed by atoms with E-state index in [1.165, 1.54) is 31.2 Å². The zero-order valence-corrected chi connectivity index (χ0v) is 15.1. The first kappa shape index (κ1) is 21.7. The predicted molar refractivity (Wildman–Crippen MR) is 96.2 cm³/mol. The Morgan fingerprint density at radius 3 is 2.31 bits per heavy atom. The number of nitrogens with zero attached hydrogens (tertiary/aromatic N) is 2. The fourth-order valence-corrected chi connectivity index (χ4v) is 2.25. The summed E-state index contributed by atoms with van der Waals surface area (Å²) in [6.07, 6.45) is -4.73. The Morgan fingerprint density at radius 1 is 1.14 bits per heavy atom. The van der Waals surface area contributed by atoms with Gasteiger partial charge in [0.2, 0.25) is 0 Å². The molecule has 0 aromatic heterocycles. The highest BCUT2D eigenvalue weighted by Crippen LogP contribution is 2.34. The van der Waals surface area contributed by atoms with Crippen molar-refractivity contribution >= 4 is 5.69 Å². The number of benzene rings is 2. The lowest BCUT2D eigenvalue weighted by Gasteiger charge is -2.27.